The van der Waals surface area contributed by atoms with Gasteiger partial charge in [0.1, 0.15) is 0 Å². The predicted molar refractivity (Wildman–Crippen MR) is 80.0 cm³/mol. The summed E-state index contributed by atoms with van der Waals surface area (Å²) in [5.41, 5.74) is 0.663. The Labute approximate surface area is 128 Å². The topological polar surface area (TPSA) is 92.5 Å². The van der Waals surface area contributed by atoms with E-state index in [2.05, 4.69) is 5.32 Å². The van der Waals surface area contributed by atoms with Crippen molar-refractivity contribution in [2.45, 2.75) is 31.7 Å². The third-order valence-electron chi connectivity index (χ3n) is 4.83. The van der Waals surface area contributed by atoms with Crippen molar-refractivity contribution in [1.82, 2.24) is 5.32 Å². The van der Waals surface area contributed by atoms with Gasteiger partial charge in [0.05, 0.1) is 11.0 Å². The average molecular weight is 304 g/mol. The average Bonchev–Trinajstić information content (AvgIpc) is 3.12. The Morgan fingerprint density at radius 3 is 2.73 bits per heavy atom. The minimum Gasteiger partial charge on any atom is -0.396 e. The molecule has 2 fully saturated rings. The highest BCUT2D eigenvalue weighted by Gasteiger charge is 2.48. The standard InChI is InChI=1S/C16H20N2O4/c19-5-4-15(10-2-1-3-14(9-10)18(21)22)17-16(20)13-7-11-6-12(11)8-13/h1-3,9,11-13,15,19H,4-8H2,(H,17,20)/t11-,12+,13?,15-/m0/s1. The number of carbonyl (C=O) groups is 1. The van der Waals surface area contributed by atoms with Gasteiger partial charge in [-0.3, -0.25) is 14.9 Å². The van der Waals surface area contributed by atoms with Crippen LogP contribution in [-0.2, 0) is 4.79 Å². The molecule has 22 heavy (non-hydrogen) atoms. The van der Waals surface area contributed by atoms with Crippen molar-refractivity contribution in [3.8, 4) is 0 Å². The van der Waals surface area contributed by atoms with E-state index < -0.39 is 4.92 Å². The molecule has 1 unspecified atom stereocenters. The van der Waals surface area contributed by atoms with Gasteiger partial charge in [-0.1, -0.05) is 12.1 Å². The molecule has 0 saturated heterocycles. The quantitative estimate of drug-likeness (QED) is 0.622. The first kappa shape index (κ1) is 15.0. The van der Waals surface area contributed by atoms with Crippen molar-refractivity contribution in [3.05, 3.63) is 39.9 Å². The zero-order valence-corrected chi connectivity index (χ0v) is 12.3. The third-order valence-corrected chi connectivity index (χ3v) is 4.83. The second kappa shape index (κ2) is 6.04. The zero-order valence-electron chi connectivity index (χ0n) is 12.3. The van der Waals surface area contributed by atoms with Crippen LogP contribution in [0.2, 0.25) is 0 Å². The maximum absolute atomic E-state index is 12.4. The lowest BCUT2D eigenvalue weighted by molar-refractivity contribution is -0.384. The van der Waals surface area contributed by atoms with Crippen LogP contribution in [0.1, 0.15) is 37.3 Å². The second-order valence-corrected chi connectivity index (χ2v) is 6.35. The number of hydrogen-bond donors (Lipinski definition) is 2. The molecule has 6 nitrogen and oxygen atoms in total. The molecule has 0 spiro atoms. The SMILES string of the molecule is O=C(N[C@@H](CCO)c1cccc([N+](=O)[O-])c1)C1C[C@@H]2C[C@@H]2C1. The van der Waals surface area contributed by atoms with Gasteiger partial charge in [0.25, 0.3) is 5.69 Å². The fourth-order valence-electron chi connectivity index (χ4n) is 3.52. The zero-order chi connectivity index (χ0) is 15.7. The molecule has 2 N–H and O–H groups in total. The summed E-state index contributed by atoms with van der Waals surface area (Å²) in [6.07, 6.45) is 3.52. The minimum absolute atomic E-state index is 0.00296. The fraction of sp³-hybridized carbons (Fsp3) is 0.562. The second-order valence-electron chi connectivity index (χ2n) is 6.35. The number of nitro groups is 1. The number of fused-ring (bicyclic) bond motifs is 1. The largest absolute Gasteiger partial charge is 0.396 e. The number of amides is 1. The van der Waals surface area contributed by atoms with Gasteiger partial charge in [0.2, 0.25) is 5.91 Å². The van der Waals surface area contributed by atoms with Crippen LogP contribution in [0.5, 0.6) is 0 Å². The molecule has 6 heteroatoms. The number of nitrogens with zero attached hydrogens (tertiary/aromatic N) is 1. The molecule has 0 heterocycles. The fourth-order valence-corrected chi connectivity index (χ4v) is 3.52. The lowest BCUT2D eigenvalue weighted by Gasteiger charge is -2.21. The monoisotopic (exact) mass is 304 g/mol. The minimum atomic E-state index is -0.453. The number of nitrogens with one attached hydrogen (secondary N) is 1. The van der Waals surface area contributed by atoms with Crippen LogP contribution in [0.4, 0.5) is 5.69 Å². The molecule has 1 aromatic rings. The molecular formula is C16H20N2O4. The van der Waals surface area contributed by atoms with Gasteiger partial charge in [-0.15, -0.1) is 0 Å². The Kier molecular flexibility index (Phi) is 4.11. The van der Waals surface area contributed by atoms with Crippen molar-refractivity contribution in [2.24, 2.45) is 17.8 Å². The molecule has 118 valence electrons. The van der Waals surface area contributed by atoms with Crippen molar-refractivity contribution in [1.29, 1.82) is 0 Å². The highest BCUT2D eigenvalue weighted by atomic mass is 16.6. The van der Waals surface area contributed by atoms with E-state index in [0.29, 0.717) is 12.0 Å². The number of benzene rings is 1. The van der Waals surface area contributed by atoms with Crippen molar-refractivity contribution >= 4 is 11.6 Å². The summed E-state index contributed by atoms with van der Waals surface area (Å²) in [5.74, 6) is 1.52. The predicted octanol–water partition coefficient (Wildman–Crippen LogP) is 2.18. The van der Waals surface area contributed by atoms with Gasteiger partial charge in [-0.25, -0.2) is 0 Å². The lowest BCUT2D eigenvalue weighted by Crippen LogP contribution is -2.34. The van der Waals surface area contributed by atoms with E-state index in [9.17, 15) is 20.0 Å². The van der Waals surface area contributed by atoms with Gasteiger partial charge in [-0.2, -0.15) is 0 Å². The summed E-state index contributed by atoms with van der Waals surface area (Å²) in [4.78, 5) is 22.8. The maximum atomic E-state index is 12.4. The van der Waals surface area contributed by atoms with Crippen LogP contribution in [-0.4, -0.2) is 22.5 Å². The van der Waals surface area contributed by atoms with Crippen molar-refractivity contribution in [2.75, 3.05) is 6.61 Å². The summed E-state index contributed by atoms with van der Waals surface area (Å²) < 4.78 is 0. The molecule has 0 radical (unpaired) electrons. The molecule has 0 aromatic heterocycles. The normalized spacial score (nSPS) is 27.0. The Morgan fingerprint density at radius 1 is 1.36 bits per heavy atom. The van der Waals surface area contributed by atoms with E-state index in [1.807, 2.05) is 0 Å². The molecule has 3 rings (SSSR count). The van der Waals surface area contributed by atoms with Gasteiger partial charge < -0.3 is 10.4 Å². The third kappa shape index (κ3) is 3.11. The van der Waals surface area contributed by atoms with E-state index in [-0.39, 0.29) is 30.2 Å². The first-order valence-corrected chi connectivity index (χ1v) is 7.74. The van der Waals surface area contributed by atoms with E-state index in [4.69, 9.17) is 0 Å². The van der Waals surface area contributed by atoms with Crippen LogP contribution >= 0.6 is 0 Å². The van der Waals surface area contributed by atoms with Crippen molar-refractivity contribution < 1.29 is 14.8 Å². The summed E-state index contributed by atoms with van der Waals surface area (Å²) in [5, 5.41) is 23.1. The molecule has 2 aliphatic carbocycles. The first-order chi connectivity index (χ1) is 10.6. The summed E-state index contributed by atoms with van der Waals surface area (Å²) in [7, 11) is 0. The number of hydrogen-bond acceptors (Lipinski definition) is 4. The van der Waals surface area contributed by atoms with Gasteiger partial charge in [0, 0.05) is 24.7 Å². The van der Waals surface area contributed by atoms with Gasteiger partial charge >= 0.3 is 0 Å². The Balaban J connectivity index is 1.70. The number of aliphatic hydroxyl groups is 1. The van der Waals surface area contributed by atoms with Crippen LogP contribution < -0.4 is 5.32 Å². The highest BCUT2D eigenvalue weighted by Crippen LogP contribution is 2.54. The smallest absolute Gasteiger partial charge is 0.269 e. The van der Waals surface area contributed by atoms with Crippen LogP contribution in [0.25, 0.3) is 0 Å². The number of rotatable bonds is 6. The molecule has 4 atom stereocenters. The molecule has 0 aliphatic heterocycles. The number of aliphatic hydroxyl groups excluding tert-OH is 1. The molecule has 2 aliphatic rings. The molecule has 1 amide bonds. The van der Waals surface area contributed by atoms with Gasteiger partial charge in [0.15, 0.2) is 0 Å². The lowest BCUT2D eigenvalue weighted by atomic mass is 9.99. The summed E-state index contributed by atoms with van der Waals surface area (Å²) in [6, 6.07) is 5.86. The van der Waals surface area contributed by atoms with E-state index in [0.717, 1.165) is 24.7 Å². The number of nitro benzene ring substituents is 1. The Morgan fingerprint density at radius 2 is 2.09 bits per heavy atom. The van der Waals surface area contributed by atoms with E-state index in [1.165, 1.54) is 18.6 Å². The van der Waals surface area contributed by atoms with Crippen molar-refractivity contribution in [3.63, 3.8) is 0 Å². The van der Waals surface area contributed by atoms with Crippen LogP contribution in [0.3, 0.4) is 0 Å². The molecule has 2 saturated carbocycles. The summed E-state index contributed by atoms with van der Waals surface area (Å²) >= 11 is 0. The number of carbonyl (C=O) groups excluding carboxylic acids is 1. The van der Waals surface area contributed by atoms with E-state index >= 15 is 0 Å². The van der Waals surface area contributed by atoms with Crippen LogP contribution in [0, 0.1) is 27.9 Å². The van der Waals surface area contributed by atoms with E-state index in [1.54, 1.807) is 12.1 Å². The van der Waals surface area contributed by atoms with Crippen LogP contribution in [0.15, 0.2) is 24.3 Å². The van der Waals surface area contributed by atoms with Gasteiger partial charge in [-0.05, 0) is 43.1 Å². The molecule has 1 aromatic carbocycles. The summed E-state index contributed by atoms with van der Waals surface area (Å²) in [6.45, 7) is -0.0798. The molecular weight excluding hydrogens is 284 g/mol. The Bertz CT molecular complexity index is 579. The number of non-ortho nitro benzene ring substituents is 1. The Hall–Kier alpha value is -1.95. The maximum Gasteiger partial charge on any atom is 0.269 e. The molecule has 0 bridgehead atoms. The first-order valence-electron chi connectivity index (χ1n) is 7.74. The highest BCUT2D eigenvalue weighted by molar-refractivity contribution is 5.79.